The van der Waals surface area contributed by atoms with Crippen LogP contribution in [0.4, 0.5) is 0 Å². The Labute approximate surface area is 382 Å². The van der Waals surface area contributed by atoms with Gasteiger partial charge in [0.25, 0.3) is 11.1 Å². The minimum Gasteiger partial charge on any atom is -0.493 e. The third-order valence-electron chi connectivity index (χ3n) is 11.7. The molecule has 0 radical (unpaired) electrons. The molecule has 0 fully saturated rings. The topological polar surface area (TPSA) is 152 Å². The summed E-state index contributed by atoms with van der Waals surface area (Å²) >= 11 is 0. The predicted octanol–water partition coefficient (Wildman–Crippen LogP) is 9.89. The molecule has 0 amide bonds. The molecule has 0 saturated carbocycles. The predicted molar refractivity (Wildman–Crippen MR) is 260 cm³/mol. The van der Waals surface area contributed by atoms with Gasteiger partial charge in [-0.2, -0.15) is 8.42 Å². The summed E-state index contributed by atoms with van der Waals surface area (Å²) in [5.74, 6) is 0.224. The van der Waals surface area contributed by atoms with E-state index in [1.165, 1.54) is 16.7 Å². The second kappa shape index (κ2) is 19.4. The van der Waals surface area contributed by atoms with E-state index in [-0.39, 0.29) is 30.3 Å². The number of nitrogens with zero attached hydrogens (tertiary/aromatic N) is 4. The number of rotatable bonds is 6. The van der Waals surface area contributed by atoms with Crippen LogP contribution in [0, 0.1) is 55.4 Å². The molecule has 0 saturated heterocycles. The lowest BCUT2D eigenvalue weighted by Crippen LogP contribution is -2.27. The van der Waals surface area contributed by atoms with Crippen LogP contribution in [0.1, 0.15) is 77.6 Å². The maximum absolute atomic E-state index is 13.5. The number of fused-ring (bicyclic) bond motifs is 2. The summed E-state index contributed by atoms with van der Waals surface area (Å²) in [6.45, 7) is 18.8. The van der Waals surface area contributed by atoms with Crippen molar-refractivity contribution in [3.8, 4) is 56.3 Å². The first-order valence-electron chi connectivity index (χ1n) is 21.0. The van der Waals surface area contributed by atoms with E-state index in [1.807, 2.05) is 27.7 Å². The summed E-state index contributed by atoms with van der Waals surface area (Å²) in [5.41, 5.74) is 15.1. The molecule has 2 aliphatic rings. The number of aromatic nitrogens is 4. The highest BCUT2D eigenvalue weighted by atomic mass is 35.7. The van der Waals surface area contributed by atoms with Crippen LogP contribution in [0.3, 0.4) is 0 Å². The molecule has 344 valence electrons. The van der Waals surface area contributed by atoms with Gasteiger partial charge in [0.15, 0.2) is 0 Å². The molecule has 0 atom stereocenters. The molecule has 15 heteroatoms. The van der Waals surface area contributed by atoms with Crippen LogP contribution in [0.2, 0.25) is 0 Å². The monoisotopic (exact) mass is 932 g/mol. The van der Waals surface area contributed by atoms with Crippen molar-refractivity contribution < 1.29 is 26.1 Å². The van der Waals surface area contributed by atoms with Gasteiger partial charge in [-0.05, 0) is 148 Å². The van der Waals surface area contributed by atoms with Crippen LogP contribution in [-0.4, -0.2) is 53.2 Å². The molecule has 6 aromatic rings. The summed E-state index contributed by atoms with van der Waals surface area (Å²) in [4.78, 5) is 26.6. The lowest BCUT2D eigenvalue weighted by Gasteiger charge is -2.19. The second-order valence-electron chi connectivity index (χ2n) is 16.9. The Morgan fingerprint density at radius 2 is 0.844 bits per heavy atom. The standard InChI is InChI=1S/C24H28N2O4S.C23H26N2O2.CH3ClO2S.CH4/c1-15-8-10-19(11-9-15)20-16(2)14-17(3)21(18(20)4)22-23(27)25-12-6-7-13-26(25)24(22)30-31(5,28)29;1-14-7-9-18(10-8-14)19-15(2)13-16(3)20(17(19)4)21-22(26)24-11-5-6-12-25(24)23(21)27;1-5(2,3)4;/h8-11,14H,6-7,12-13H2,1-5H3;7-10,13,26H,5-6,11-12H2,1-4H3;1H3;1H4. The summed E-state index contributed by atoms with van der Waals surface area (Å²) in [5, 5.41) is 10.9. The molecule has 0 spiro atoms. The van der Waals surface area contributed by atoms with E-state index in [2.05, 4.69) is 99.0 Å². The lowest BCUT2D eigenvalue weighted by atomic mass is 9.87. The fourth-order valence-corrected chi connectivity index (χ4v) is 9.67. The summed E-state index contributed by atoms with van der Waals surface area (Å²) in [6.07, 6.45) is 5.65. The Hall–Kier alpha value is -5.31. The van der Waals surface area contributed by atoms with Crippen molar-refractivity contribution in [3.63, 3.8) is 0 Å². The first-order valence-corrected chi connectivity index (χ1v) is 25.5. The number of hydrogen-bond donors (Lipinski definition) is 1. The smallest absolute Gasteiger partial charge is 0.307 e. The van der Waals surface area contributed by atoms with Gasteiger partial charge in [-0.3, -0.25) is 14.3 Å². The lowest BCUT2D eigenvalue weighted by molar-refractivity contribution is 0.305. The Bertz CT molecular complexity index is 3060. The van der Waals surface area contributed by atoms with Gasteiger partial charge in [-0.1, -0.05) is 79.2 Å². The van der Waals surface area contributed by atoms with Crippen molar-refractivity contribution in [2.75, 3.05) is 12.5 Å². The summed E-state index contributed by atoms with van der Waals surface area (Å²) in [7, 11) is -2.49. The zero-order chi connectivity index (χ0) is 46.3. The molecule has 1 N–H and O–H groups in total. The average Bonchev–Trinajstić information content (AvgIpc) is 3.60. The van der Waals surface area contributed by atoms with E-state index in [9.17, 15) is 31.5 Å². The van der Waals surface area contributed by atoms with Gasteiger partial charge in [0.1, 0.15) is 11.1 Å². The van der Waals surface area contributed by atoms with Crippen molar-refractivity contribution in [2.24, 2.45) is 0 Å². The van der Waals surface area contributed by atoms with E-state index in [0.29, 0.717) is 37.3 Å². The molecule has 0 aliphatic carbocycles. The average molecular weight is 934 g/mol. The third kappa shape index (κ3) is 10.5. The zero-order valence-corrected chi connectivity index (χ0v) is 40.1. The molecule has 64 heavy (non-hydrogen) atoms. The Balaban J connectivity index is 0.000000216. The number of aryl methyl sites for hydroxylation is 6. The number of aromatic hydroxyl groups is 1. The summed E-state index contributed by atoms with van der Waals surface area (Å²) < 4.78 is 55.1. The molecule has 0 unspecified atom stereocenters. The fourth-order valence-electron chi connectivity index (χ4n) is 9.22. The minimum absolute atomic E-state index is 0. The number of benzene rings is 4. The molecular weight excluding hydrogens is 872 g/mol. The first kappa shape index (κ1) is 49.7. The molecular formula is C49H61ClN4O8S2. The van der Waals surface area contributed by atoms with Gasteiger partial charge in [0, 0.05) is 36.9 Å². The van der Waals surface area contributed by atoms with E-state index in [0.717, 1.165) is 99.4 Å². The maximum atomic E-state index is 13.5. The zero-order valence-electron chi connectivity index (χ0n) is 37.7. The number of hydrogen-bond acceptors (Lipinski definition) is 8. The van der Waals surface area contributed by atoms with E-state index >= 15 is 0 Å². The van der Waals surface area contributed by atoms with E-state index in [1.54, 1.807) is 18.7 Å². The second-order valence-corrected chi connectivity index (χ2v) is 21.5. The minimum atomic E-state index is -3.80. The molecule has 12 nitrogen and oxygen atoms in total. The van der Waals surface area contributed by atoms with Gasteiger partial charge >= 0.3 is 10.1 Å². The van der Waals surface area contributed by atoms with Crippen LogP contribution >= 0.6 is 10.7 Å². The van der Waals surface area contributed by atoms with Crippen molar-refractivity contribution in [1.82, 2.24) is 18.7 Å². The largest absolute Gasteiger partial charge is 0.493 e. The highest BCUT2D eigenvalue weighted by Gasteiger charge is 2.30. The van der Waals surface area contributed by atoms with Crippen molar-refractivity contribution in [1.29, 1.82) is 0 Å². The molecule has 4 aromatic carbocycles. The molecule has 0 bridgehead atoms. The summed E-state index contributed by atoms with van der Waals surface area (Å²) in [6, 6.07) is 20.9. The van der Waals surface area contributed by atoms with Gasteiger partial charge in [0.2, 0.25) is 20.8 Å². The quantitative estimate of drug-likeness (QED) is 0.128. The van der Waals surface area contributed by atoms with E-state index < -0.39 is 19.2 Å². The van der Waals surface area contributed by atoms with Crippen molar-refractivity contribution in [3.05, 3.63) is 126 Å². The molecule has 2 aliphatic heterocycles. The Morgan fingerprint density at radius 1 is 0.516 bits per heavy atom. The van der Waals surface area contributed by atoms with Crippen LogP contribution < -0.4 is 15.3 Å². The van der Waals surface area contributed by atoms with Gasteiger partial charge < -0.3 is 9.29 Å². The van der Waals surface area contributed by atoms with Gasteiger partial charge in [-0.25, -0.2) is 22.5 Å². The first-order chi connectivity index (χ1) is 29.5. The van der Waals surface area contributed by atoms with Crippen molar-refractivity contribution in [2.45, 2.75) is 115 Å². The van der Waals surface area contributed by atoms with Crippen LogP contribution in [0.5, 0.6) is 11.8 Å². The number of halogens is 1. The normalized spacial score (nSPS) is 13.4. The highest BCUT2D eigenvalue weighted by Crippen LogP contribution is 2.42. The highest BCUT2D eigenvalue weighted by molar-refractivity contribution is 8.13. The van der Waals surface area contributed by atoms with Crippen molar-refractivity contribution >= 4 is 29.9 Å². The SMILES string of the molecule is C.CS(=O)(=O)Cl.Cc1ccc(-c2c(C)cc(C)c(-c3c(O)n4n(c3=O)CCCC4)c2C)cc1.Cc1ccc(-c2c(C)cc(C)c(-c3c(OS(C)(=O)=O)n4n(c3=O)CCCC4)c2C)cc1. The fraction of sp³-hybridized carbons (Fsp3) is 0.388. The molecule has 4 heterocycles. The van der Waals surface area contributed by atoms with Crippen LogP contribution in [0.15, 0.2) is 70.3 Å². The van der Waals surface area contributed by atoms with Gasteiger partial charge in [0.05, 0.1) is 12.5 Å². The maximum Gasteiger partial charge on any atom is 0.307 e. The van der Waals surface area contributed by atoms with Crippen LogP contribution in [0.25, 0.3) is 44.5 Å². The van der Waals surface area contributed by atoms with E-state index in [4.69, 9.17) is 4.18 Å². The third-order valence-corrected chi connectivity index (χ3v) is 12.2. The Kier molecular flexibility index (Phi) is 15.1. The van der Waals surface area contributed by atoms with Crippen LogP contribution in [-0.2, 0) is 45.3 Å². The molecule has 2 aromatic heterocycles. The van der Waals surface area contributed by atoms with Gasteiger partial charge in [-0.15, -0.1) is 0 Å². The Morgan fingerprint density at radius 3 is 1.23 bits per heavy atom. The molecule has 8 rings (SSSR count).